The van der Waals surface area contributed by atoms with Crippen molar-refractivity contribution in [2.45, 2.75) is 42.4 Å². The van der Waals surface area contributed by atoms with Gasteiger partial charge in [0.05, 0.1) is 42.7 Å². The molecule has 2 unspecified atom stereocenters. The second-order valence-electron chi connectivity index (χ2n) is 24.9. The van der Waals surface area contributed by atoms with Crippen molar-refractivity contribution in [2.75, 3.05) is 0 Å². The van der Waals surface area contributed by atoms with E-state index in [0.717, 1.165) is 94.0 Å². The molecule has 1 saturated carbocycles. The highest BCUT2D eigenvalue weighted by atomic mass is 32.1. The van der Waals surface area contributed by atoms with Crippen LogP contribution in [0.3, 0.4) is 0 Å². The van der Waals surface area contributed by atoms with E-state index in [0.29, 0.717) is 11.8 Å². The summed E-state index contributed by atoms with van der Waals surface area (Å²) >= 11 is 1.85. The number of carbonyl (C=O) groups is 2. The van der Waals surface area contributed by atoms with Gasteiger partial charge in [0.2, 0.25) is 0 Å². The van der Waals surface area contributed by atoms with E-state index in [1.807, 2.05) is 35.6 Å². The number of benzene rings is 12. The van der Waals surface area contributed by atoms with Crippen molar-refractivity contribution < 1.29 is 19.8 Å². The van der Waals surface area contributed by atoms with Crippen LogP contribution in [0.1, 0.15) is 96.8 Å². The van der Waals surface area contributed by atoms with Crippen molar-refractivity contribution in [3.8, 4) is 76.5 Å². The van der Waals surface area contributed by atoms with Crippen LogP contribution >= 0.6 is 11.3 Å². The summed E-state index contributed by atoms with van der Waals surface area (Å²) in [5.74, 6) is -1.25. The van der Waals surface area contributed by atoms with Crippen LogP contribution in [0.25, 0.3) is 120 Å². The molecule has 1 fully saturated rings. The van der Waals surface area contributed by atoms with Gasteiger partial charge in [-0.2, -0.15) is 0 Å². The van der Waals surface area contributed by atoms with Gasteiger partial charge in [0.1, 0.15) is 11.0 Å². The Morgan fingerprint density at radius 2 is 0.775 bits per heavy atom. The molecule has 2 atom stereocenters. The van der Waals surface area contributed by atoms with Crippen LogP contribution in [0.5, 0.6) is 0 Å². The maximum atomic E-state index is 12.0. The van der Waals surface area contributed by atoms with E-state index in [1.54, 1.807) is 24.3 Å². The van der Waals surface area contributed by atoms with E-state index in [9.17, 15) is 19.8 Å². The van der Waals surface area contributed by atoms with Crippen LogP contribution in [-0.4, -0.2) is 32.1 Å². The van der Waals surface area contributed by atoms with Crippen molar-refractivity contribution >= 4 is 66.9 Å². The fraction of sp³-hybridized carbons (Fsp3) is 0.0976. The van der Waals surface area contributed by atoms with Crippen molar-refractivity contribution in [1.29, 1.82) is 0 Å². The molecule has 6 nitrogen and oxygen atoms in total. The summed E-state index contributed by atoms with van der Waals surface area (Å²) in [6.07, 6.45) is 4.64. The van der Waals surface area contributed by atoms with E-state index in [2.05, 4.69) is 194 Å². The topological polar surface area (TPSA) is 100 Å². The van der Waals surface area contributed by atoms with Gasteiger partial charge < -0.3 is 10.2 Å². The van der Waals surface area contributed by atoms with Gasteiger partial charge in [-0.1, -0.05) is 219 Å². The van der Waals surface area contributed by atoms with Crippen molar-refractivity contribution in [1.82, 2.24) is 9.97 Å². The van der Waals surface area contributed by atoms with Crippen molar-refractivity contribution in [3.05, 3.63) is 298 Å². The van der Waals surface area contributed by atoms with Gasteiger partial charge >= 0.3 is 11.9 Å². The Kier molecular flexibility index (Phi) is 10.5. The van der Waals surface area contributed by atoms with Crippen LogP contribution in [0, 0.1) is 5.92 Å². The maximum absolute atomic E-state index is 12.0. The lowest BCUT2D eigenvalue weighted by atomic mass is 9.63. The molecule has 2 N–H and O–H groups in total. The molecule has 89 heavy (non-hydrogen) atoms. The summed E-state index contributed by atoms with van der Waals surface area (Å²) < 4.78 is 0. The first-order valence-corrected chi connectivity index (χ1v) is 31.7. The van der Waals surface area contributed by atoms with Gasteiger partial charge in [-0.25, -0.2) is 19.6 Å². The lowest BCUT2D eigenvalue weighted by Crippen LogP contribution is -2.35. The Morgan fingerprint density at radius 1 is 0.371 bits per heavy atom. The van der Waals surface area contributed by atoms with Crippen LogP contribution < -0.4 is 0 Å². The Bertz CT molecular complexity index is 5390. The Morgan fingerprint density at radius 3 is 1.30 bits per heavy atom. The first-order chi connectivity index (χ1) is 43.8. The molecule has 2 heterocycles. The first kappa shape index (κ1) is 50.5. The number of rotatable bonds is 6. The number of carboxylic acids is 2. The minimum atomic E-state index is -0.972. The lowest BCUT2D eigenvalue weighted by molar-refractivity contribution is 0.0686. The molecule has 5 aliphatic carbocycles. The molecule has 0 radical (unpaired) electrons. The number of aromatic carboxylic acids is 2. The summed E-state index contributed by atoms with van der Waals surface area (Å²) in [4.78, 5) is 38.5. The van der Waals surface area contributed by atoms with Crippen LogP contribution in [0.4, 0.5) is 0 Å². The normalized spacial score (nSPS) is 16.5. The molecule has 0 aliphatic heterocycles. The highest BCUT2D eigenvalue weighted by Crippen LogP contribution is 2.69. The molecule has 14 aromatic rings. The predicted octanol–water partition coefficient (Wildman–Crippen LogP) is 20.2. The number of hydrogen-bond acceptors (Lipinski definition) is 5. The number of carboxylic acid groups (broad SMARTS) is 2. The SMILES string of the molecule is O=C(O)c1ccc(-c2ccc3c(c2)c2cc(-c4ccc(C(=O)O)cc4)ccc2c2nc4c(-c5cccc6c5C5CCCCC5C65c6ccccc6-c6ccccc65)sc(-c5cccc6c5-c5ccccc5C65c6ccccc6-c6ccccc65)c4nc32)cc1. The highest BCUT2D eigenvalue weighted by molar-refractivity contribution is 7.21. The monoisotopic (exact) mass is 1160 g/mol. The standard InChI is InChI=1S/C82H52N2O4S/c85-79(86)47-35-31-45(32-36-47)49-39-41-55-61(43-49)62-44-50(46-33-37-48(38-34-46)80(87)88)40-42-56(62)74-73(55)83-75-76(84-74)78(60-22-14-30-70-72(60)58-20-6-12-28-68(58)82(70)65-25-9-3-17-53(65)54-18-4-10-26-66(54)82)89-77(75)59-21-13-29-69-71(59)57-19-5-11-27-67(57)81(69)63-23-7-1-15-51(63)52-16-2-8-24-64(52)81/h1-5,7-11,13-19,21-27,29-44,58,68H,6,12,20,28H2,(H,85,86)(H,87,88). The summed E-state index contributed by atoms with van der Waals surface area (Å²) in [6, 6.07) is 86.8. The number of thiophene rings is 1. The lowest BCUT2D eigenvalue weighted by Gasteiger charge is -2.39. The van der Waals surface area contributed by atoms with Crippen LogP contribution in [-0.2, 0) is 10.8 Å². The fourth-order valence-corrected chi connectivity index (χ4v) is 18.9. The van der Waals surface area contributed by atoms with E-state index < -0.39 is 17.4 Å². The van der Waals surface area contributed by atoms with Crippen LogP contribution in [0.2, 0.25) is 0 Å². The average Bonchev–Trinajstić information content (AvgIpc) is 1.53. The third-order valence-corrected chi connectivity index (χ3v) is 22.3. The molecule has 2 spiro atoms. The van der Waals surface area contributed by atoms with E-state index >= 15 is 0 Å². The minimum Gasteiger partial charge on any atom is -0.478 e. The predicted molar refractivity (Wildman–Crippen MR) is 358 cm³/mol. The number of nitrogens with zero attached hydrogens (tertiary/aromatic N) is 2. The molecular weight excluding hydrogens is 1110 g/mol. The van der Waals surface area contributed by atoms with E-state index in [4.69, 9.17) is 9.97 Å². The molecule has 5 aliphatic rings. The molecule has 2 aromatic heterocycles. The largest absolute Gasteiger partial charge is 0.478 e. The number of aromatic nitrogens is 2. The highest BCUT2D eigenvalue weighted by Gasteiger charge is 2.59. The molecule has 0 amide bonds. The van der Waals surface area contributed by atoms with E-state index in [1.165, 1.54) is 96.3 Å². The summed E-state index contributed by atoms with van der Waals surface area (Å²) in [5, 5.41) is 23.6. The number of fused-ring (bicyclic) bond motifs is 27. The molecule has 7 heteroatoms. The average molecular weight is 1160 g/mol. The van der Waals surface area contributed by atoms with Gasteiger partial charge in [-0.3, -0.25) is 0 Å². The Hall–Kier alpha value is -10.6. The van der Waals surface area contributed by atoms with Gasteiger partial charge in [0.15, 0.2) is 0 Å². The summed E-state index contributed by atoms with van der Waals surface area (Å²) in [7, 11) is 0. The van der Waals surface area contributed by atoms with Gasteiger partial charge in [0.25, 0.3) is 0 Å². The summed E-state index contributed by atoms with van der Waals surface area (Å²) in [6.45, 7) is 0. The molecule has 12 aromatic carbocycles. The zero-order valence-electron chi connectivity index (χ0n) is 48.1. The zero-order valence-corrected chi connectivity index (χ0v) is 48.9. The van der Waals surface area contributed by atoms with Gasteiger partial charge in [-0.15, -0.1) is 11.3 Å². The van der Waals surface area contributed by atoms with Gasteiger partial charge in [-0.05, 0) is 178 Å². The van der Waals surface area contributed by atoms with Crippen LogP contribution in [0.15, 0.2) is 243 Å². The molecule has 0 bridgehead atoms. The molecular formula is C82H52N2O4S. The minimum absolute atomic E-state index is 0.225. The quantitative estimate of drug-likeness (QED) is 0.161. The van der Waals surface area contributed by atoms with E-state index in [-0.39, 0.29) is 16.5 Å². The third-order valence-electron chi connectivity index (χ3n) is 21.0. The summed E-state index contributed by atoms with van der Waals surface area (Å²) in [5.41, 5.74) is 27.5. The maximum Gasteiger partial charge on any atom is 0.335 e. The third kappa shape index (κ3) is 6.64. The van der Waals surface area contributed by atoms with Crippen molar-refractivity contribution in [2.24, 2.45) is 5.92 Å². The molecule has 0 saturated heterocycles. The Labute approximate surface area is 516 Å². The smallest absolute Gasteiger partial charge is 0.335 e. The molecule has 19 rings (SSSR count). The Balaban J connectivity index is 0.925. The van der Waals surface area contributed by atoms with Gasteiger partial charge in [0, 0.05) is 16.3 Å². The zero-order chi connectivity index (χ0) is 59.0. The first-order valence-electron chi connectivity index (χ1n) is 30.9. The second kappa shape index (κ2) is 18.5. The number of hydrogen-bond donors (Lipinski definition) is 2. The fourth-order valence-electron chi connectivity index (χ4n) is 17.6. The molecule has 420 valence electrons. The second-order valence-corrected chi connectivity index (χ2v) is 26.0. The van der Waals surface area contributed by atoms with Crippen molar-refractivity contribution in [3.63, 3.8) is 0 Å².